The fourth-order valence-electron chi connectivity index (χ4n) is 1.85. The van der Waals surface area contributed by atoms with Gasteiger partial charge in [-0.25, -0.2) is 4.68 Å². The van der Waals surface area contributed by atoms with E-state index in [2.05, 4.69) is 15.5 Å². The van der Waals surface area contributed by atoms with E-state index in [0.29, 0.717) is 12.5 Å². The third-order valence-electron chi connectivity index (χ3n) is 2.86. The second-order valence-corrected chi connectivity index (χ2v) is 4.27. The van der Waals surface area contributed by atoms with Gasteiger partial charge in [0.05, 0.1) is 6.10 Å². The molecule has 16 heavy (non-hydrogen) atoms. The zero-order valence-corrected chi connectivity index (χ0v) is 9.15. The normalized spacial score (nSPS) is 23.9. The Morgan fingerprint density at radius 1 is 1.62 bits per heavy atom. The van der Waals surface area contributed by atoms with Crippen molar-refractivity contribution in [3.05, 3.63) is 6.33 Å². The highest BCUT2D eigenvalue weighted by molar-refractivity contribution is 5.75. The van der Waals surface area contributed by atoms with Crippen LogP contribution in [0.3, 0.4) is 0 Å². The van der Waals surface area contributed by atoms with Crippen molar-refractivity contribution in [1.82, 2.24) is 25.1 Å². The number of likely N-dealkylation sites (N-methyl/N-ethyl adjacent to an activating group) is 1. The van der Waals surface area contributed by atoms with Gasteiger partial charge in [0.1, 0.15) is 12.9 Å². The second kappa shape index (κ2) is 4.56. The highest BCUT2D eigenvalue weighted by Gasteiger charge is 2.29. The van der Waals surface area contributed by atoms with E-state index in [0.717, 1.165) is 12.8 Å². The highest BCUT2D eigenvalue weighted by atomic mass is 16.3. The largest absolute Gasteiger partial charge is 0.393 e. The molecule has 0 atom stereocenters. The van der Waals surface area contributed by atoms with Gasteiger partial charge in [-0.2, -0.15) is 0 Å². The third-order valence-corrected chi connectivity index (χ3v) is 2.86. The Labute approximate surface area is 93.0 Å². The quantitative estimate of drug-likeness (QED) is 0.703. The molecule has 1 aliphatic carbocycles. The SMILES string of the molecule is CN(CC1CC(O)C1)C(=O)Cn1cnnn1. The van der Waals surface area contributed by atoms with Crippen LogP contribution in [0.2, 0.25) is 0 Å². The molecule has 1 aromatic heterocycles. The molecular weight excluding hydrogens is 210 g/mol. The van der Waals surface area contributed by atoms with E-state index in [9.17, 15) is 4.79 Å². The van der Waals surface area contributed by atoms with Crippen molar-refractivity contribution in [2.24, 2.45) is 5.92 Å². The Balaban J connectivity index is 1.76. The minimum Gasteiger partial charge on any atom is -0.393 e. The Bertz CT molecular complexity index is 347. The van der Waals surface area contributed by atoms with E-state index >= 15 is 0 Å². The maximum Gasteiger partial charge on any atom is 0.244 e. The van der Waals surface area contributed by atoms with E-state index < -0.39 is 0 Å². The second-order valence-electron chi connectivity index (χ2n) is 4.27. The number of carbonyl (C=O) groups is 1. The number of tetrazole rings is 1. The average Bonchev–Trinajstić information content (AvgIpc) is 2.68. The minimum atomic E-state index is -0.173. The topological polar surface area (TPSA) is 84.1 Å². The number of hydrogen-bond donors (Lipinski definition) is 1. The number of rotatable bonds is 4. The fourth-order valence-corrected chi connectivity index (χ4v) is 1.85. The maximum atomic E-state index is 11.7. The van der Waals surface area contributed by atoms with Crippen LogP contribution < -0.4 is 0 Å². The first-order valence-corrected chi connectivity index (χ1v) is 5.28. The molecule has 88 valence electrons. The van der Waals surface area contributed by atoms with E-state index in [1.165, 1.54) is 11.0 Å². The van der Waals surface area contributed by atoms with E-state index in [-0.39, 0.29) is 18.6 Å². The lowest BCUT2D eigenvalue weighted by Crippen LogP contribution is -2.40. The van der Waals surface area contributed by atoms with Crippen LogP contribution >= 0.6 is 0 Å². The van der Waals surface area contributed by atoms with Crippen molar-refractivity contribution in [2.75, 3.05) is 13.6 Å². The van der Waals surface area contributed by atoms with Gasteiger partial charge in [0.15, 0.2) is 0 Å². The van der Waals surface area contributed by atoms with Gasteiger partial charge in [0, 0.05) is 13.6 Å². The number of aromatic nitrogens is 4. The smallest absolute Gasteiger partial charge is 0.244 e. The summed E-state index contributed by atoms with van der Waals surface area (Å²) in [7, 11) is 1.76. The zero-order chi connectivity index (χ0) is 11.5. The molecule has 0 aromatic carbocycles. The average molecular weight is 225 g/mol. The molecule has 0 saturated heterocycles. The molecule has 7 nitrogen and oxygen atoms in total. The molecule has 0 spiro atoms. The Hall–Kier alpha value is -1.50. The van der Waals surface area contributed by atoms with Gasteiger partial charge >= 0.3 is 0 Å². The number of hydrogen-bond acceptors (Lipinski definition) is 5. The summed E-state index contributed by atoms with van der Waals surface area (Å²) >= 11 is 0. The summed E-state index contributed by atoms with van der Waals surface area (Å²) in [6, 6.07) is 0. The van der Waals surface area contributed by atoms with E-state index in [1.54, 1.807) is 11.9 Å². The van der Waals surface area contributed by atoms with Crippen LogP contribution in [0.4, 0.5) is 0 Å². The summed E-state index contributed by atoms with van der Waals surface area (Å²) < 4.78 is 1.40. The third kappa shape index (κ3) is 2.54. The monoisotopic (exact) mass is 225 g/mol. The molecule has 1 N–H and O–H groups in total. The Kier molecular flexibility index (Phi) is 3.14. The molecule has 0 aliphatic heterocycles. The predicted octanol–water partition coefficient (Wildman–Crippen LogP) is -1.10. The van der Waals surface area contributed by atoms with Crippen LogP contribution in [-0.2, 0) is 11.3 Å². The predicted molar refractivity (Wildman–Crippen MR) is 54.2 cm³/mol. The van der Waals surface area contributed by atoms with E-state index in [4.69, 9.17) is 5.11 Å². The van der Waals surface area contributed by atoms with E-state index in [1.807, 2.05) is 0 Å². The molecule has 7 heteroatoms. The number of carbonyl (C=O) groups excluding carboxylic acids is 1. The summed E-state index contributed by atoms with van der Waals surface area (Å²) in [4.78, 5) is 13.4. The van der Waals surface area contributed by atoms with Crippen LogP contribution in [0.5, 0.6) is 0 Å². The number of aliphatic hydroxyl groups is 1. The summed E-state index contributed by atoms with van der Waals surface area (Å²) in [6.07, 6.45) is 2.83. The van der Waals surface area contributed by atoms with Crippen LogP contribution in [0.1, 0.15) is 12.8 Å². The van der Waals surface area contributed by atoms with Crippen molar-refractivity contribution in [2.45, 2.75) is 25.5 Å². The summed E-state index contributed by atoms with van der Waals surface area (Å²) in [5.74, 6) is 0.409. The van der Waals surface area contributed by atoms with Gasteiger partial charge in [-0.1, -0.05) is 0 Å². The summed E-state index contributed by atoms with van der Waals surface area (Å²) in [5.41, 5.74) is 0. The van der Waals surface area contributed by atoms with Crippen molar-refractivity contribution < 1.29 is 9.90 Å². The highest BCUT2D eigenvalue weighted by Crippen LogP contribution is 2.27. The summed E-state index contributed by atoms with van der Waals surface area (Å²) in [5, 5.41) is 19.7. The number of nitrogens with zero attached hydrogens (tertiary/aromatic N) is 5. The van der Waals surface area contributed by atoms with Crippen molar-refractivity contribution >= 4 is 5.91 Å². The molecule has 2 rings (SSSR count). The molecule has 0 unspecified atom stereocenters. The van der Waals surface area contributed by atoms with Gasteiger partial charge in [0.2, 0.25) is 5.91 Å². The molecule has 1 fully saturated rings. The molecule has 1 amide bonds. The lowest BCUT2D eigenvalue weighted by molar-refractivity contribution is -0.132. The lowest BCUT2D eigenvalue weighted by Gasteiger charge is -2.34. The minimum absolute atomic E-state index is 0.0197. The molecule has 1 saturated carbocycles. The molecular formula is C9H15N5O2. The van der Waals surface area contributed by atoms with Crippen molar-refractivity contribution in [1.29, 1.82) is 0 Å². The van der Waals surface area contributed by atoms with Crippen LogP contribution in [0, 0.1) is 5.92 Å². The van der Waals surface area contributed by atoms with Gasteiger partial charge in [-0.15, -0.1) is 5.10 Å². The first kappa shape index (κ1) is 11.0. The van der Waals surface area contributed by atoms with Gasteiger partial charge < -0.3 is 10.0 Å². The van der Waals surface area contributed by atoms with Gasteiger partial charge in [0.25, 0.3) is 0 Å². The maximum absolute atomic E-state index is 11.7. The Morgan fingerprint density at radius 2 is 2.38 bits per heavy atom. The zero-order valence-electron chi connectivity index (χ0n) is 9.15. The van der Waals surface area contributed by atoms with Gasteiger partial charge in [-0.05, 0) is 29.2 Å². The number of amides is 1. The van der Waals surface area contributed by atoms with Crippen molar-refractivity contribution in [3.8, 4) is 0 Å². The number of aliphatic hydroxyl groups excluding tert-OH is 1. The van der Waals surface area contributed by atoms with Crippen molar-refractivity contribution in [3.63, 3.8) is 0 Å². The van der Waals surface area contributed by atoms with Gasteiger partial charge in [-0.3, -0.25) is 4.79 Å². The fraction of sp³-hybridized carbons (Fsp3) is 0.778. The molecule has 1 aromatic rings. The first-order chi connectivity index (χ1) is 7.65. The molecule has 0 bridgehead atoms. The summed E-state index contributed by atoms with van der Waals surface area (Å²) in [6.45, 7) is 0.858. The molecule has 1 aliphatic rings. The molecule has 1 heterocycles. The first-order valence-electron chi connectivity index (χ1n) is 5.28. The van der Waals surface area contributed by atoms with Crippen LogP contribution in [0.15, 0.2) is 6.33 Å². The standard InChI is InChI=1S/C9H15N5O2/c1-13(4-7-2-8(15)3-7)9(16)5-14-6-10-11-12-14/h6-8,15H,2-5H2,1H3. The Morgan fingerprint density at radius 3 is 2.94 bits per heavy atom. The lowest BCUT2D eigenvalue weighted by atomic mass is 9.82. The molecule has 0 radical (unpaired) electrons. The van der Waals surface area contributed by atoms with Crippen LogP contribution in [-0.4, -0.2) is 55.8 Å². The van der Waals surface area contributed by atoms with Crippen LogP contribution in [0.25, 0.3) is 0 Å².